The quantitative estimate of drug-likeness (QED) is 0.836. The molecule has 0 spiro atoms. The van der Waals surface area contributed by atoms with E-state index in [-0.39, 0.29) is 0 Å². The monoisotopic (exact) mass is 225 g/mol. The molecule has 2 N–H and O–H groups in total. The maximum Gasteiger partial charge on any atom is 0.123 e. The van der Waals surface area contributed by atoms with Crippen LogP contribution < -0.4 is 10.5 Å². The van der Waals surface area contributed by atoms with E-state index in [9.17, 15) is 0 Å². The minimum Gasteiger partial charge on any atom is -0.493 e. The van der Waals surface area contributed by atoms with Gasteiger partial charge in [0.05, 0.1) is 6.61 Å². The molecule has 15 heavy (non-hydrogen) atoms. The molecular weight excluding hydrogens is 210 g/mol. The summed E-state index contributed by atoms with van der Waals surface area (Å²) in [5.74, 6) is 1.78. The van der Waals surface area contributed by atoms with Gasteiger partial charge in [-0.1, -0.05) is 24.4 Å². The molecule has 0 aromatic heterocycles. The zero-order chi connectivity index (χ0) is 10.7. The predicted octanol–water partition coefficient (Wildman–Crippen LogP) is 2.98. The summed E-state index contributed by atoms with van der Waals surface area (Å²) in [4.78, 5) is 0. The Kier molecular flexibility index (Phi) is 3.49. The van der Waals surface area contributed by atoms with Crippen molar-refractivity contribution in [2.24, 2.45) is 11.7 Å². The Hall–Kier alpha value is -0.730. The van der Waals surface area contributed by atoms with Crippen molar-refractivity contribution < 1.29 is 4.74 Å². The second-order valence-corrected chi connectivity index (χ2v) is 4.47. The van der Waals surface area contributed by atoms with Crippen LogP contribution in [0.25, 0.3) is 0 Å². The zero-order valence-electron chi connectivity index (χ0n) is 8.71. The standard InChI is InChI=1S/C12H16ClNO/c13-11-3-4-12(10(7-11)8-14)15-6-5-9-1-2-9/h3-4,7,9H,1-2,5-6,8,14H2. The van der Waals surface area contributed by atoms with E-state index in [0.29, 0.717) is 11.6 Å². The molecule has 1 aliphatic carbocycles. The molecule has 0 aliphatic heterocycles. The minimum atomic E-state index is 0.472. The molecule has 82 valence electrons. The van der Waals surface area contributed by atoms with E-state index in [1.165, 1.54) is 12.8 Å². The van der Waals surface area contributed by atoms with Gasteiger partial charge in [0.25, 0.3) is 0 Å². The van der Waals surface area contributed by atoms with Crippen LogP contribution in [0.1, 0.15) is 24.8 Å². The largest absolute Gasteiger partial charge is 0.493 e. The van der Waals surface area contributed by atoms with Crippen LogP contribution in [0, 0.1) is 5.92 Å². The fourth-order valence-electron chi connectivity index (χ4n) is 1.59. The molecule has 2 rings (SSSR count). The number of hydrogen-bond donors (Lipinski definition) is 1. The maximum absolute atomic E-state index is 5.88. The first-order valence-electron chi connectivity index (χ1n) is 5.41. The molecule has 0 saturated heterocycles. The molecular formula is C12H16ClNO. The average Bonchev–Trinajstić information content (AvgIpc) is 3.04. The minimum absolute atomic E-state index is 0.472. The number of hydrogen-bond acceptors (Lipinski definition) is 2. The van der Waals surface area contributed by atoms with E-state index in [2.05, 4.69) is 0 Å². The molecule has 1 saturated carbocycles. The number of nitrogens with two attached hydrogens (primary N) is 1. The van der Waals surface area contributed by atoms with E-state index in [1.54, 1.807) is 0 Å². The van der Waals surface area contributed by atoms with Gasteiger partial charge in [0.15, 0.2) is 0 Å². The molecule has 0 radical (unpaired) electrons. The number of benzene rings is 1. The Labute approximate surface area is 95.4 Å². The predicted molar refractivity (Wildman–Crippen MR) is 62.2 cm³/mol. The second-order valence-electron chi connectivity index (χ2n) is 4.04. The molecule has 0 bridgehead atoms. The van der Waals surface area contributed by atoms with Crippen molar-refractivity contribution in [1.82, 2.24) is 0 Å². The van der Waals surface area contributed by atoms with Gasteiger partial charge in [-0.25, -0.2) is 0 Å². The Balaban J connectivity index is 1.92. The molecule has 1 aromatic carbocycles. The molecule has 1 aliphatic rings. The highest BCUT2D eigenvalue weighted by Crippen LogP contribution is 2.32. The molecule has 2 nitrogen and oxygen atoms in total. The first-order chi connectivity index (χ1) is 7.29. The average molecular weight is 226 g/mol. The SMILES string of the molecule is NCc1cc(Cl)ccc1OCCC1CC1. The van der Waals surface area contributed by atoms with E-state index in [1.807, 2.05) is 18.2 Å². The highest BCUT2D eigenvalue weighted by Gasteiger charge is 2.20. The van der Waals surface area contributed by atoms with Crippen molar-refractivity contribution in [1.29, 1.82) is 0 Å². The van der Waals surface area contributed by atoms with Crippen LogP contribution in [0.4, 0.5) is 0 Å². The van der Waals surface area contributed by atoms with Gasteiger partial charge in [-0.2, -0.15) is 0 Å². The molecule has 1 fully saturated rings. The lowest BCUT2D eigenvalue weighted by Crippen LogP contribution is -2.04. The fourth-order valence-corrected chi connectivity index (χ4v) is 1.79. The van der Waals surface area contributed by atoms with Crippen molar-refractivity contribution in [2.75, 3.05) is 6.61 Å². The van der Waals surface area contributed by atoms with Crippen LogP contribution >= 0.6 is 11.6 Å². The number of ether oxygens (including phenoxy) is 1. The molecule has 3 heteroatoms. The zero-order valence-corrected chi connectivity index (χ0v) is 9.46. The van der Waals surface area contributed by atoms with Crippen molar-refractivity contribution in [2.45, 2.75) is 25.8 Å². The molecule has 0 atom stereocenters. The van der Waals surface area contributed by atoms with Crippen molar-refractivity contribution in [3.63, 3.8) is 0 Å². The Bertz CT molecular complexity index is 336. The number of halogens is 1. The van der Waals surface area contributed by atoms with Gasteiger partial charge in [0.1, 0.15) is 5.75 Å². The highest BCUT2D eigenvalue weighted by atomic mass is 35.5. The number of rotatable bonds is 5. The topological polar surface area (TPSA) is 35.2 Å². The summed E-state index contributed by atoms with van der Waals surface area (Å²) in [6, 6.07) is 5.61. The molecule has 0 unspecified atom stereocenters. The summed E-state index contributed by atoms with van der Waals surface area (Å²) in [5, 5.41) is 0.713. The maximum atomic E-state index is 5.88. The Morgan fingerprint density at radius 2 is 2.20 bits per heavy atom. The summed E-state index contributed by atoms with van der Waals surface area (Å²) in [6.45, 7) is 1.26. The first-order valence-corrected chi connectivity index (χ1v) is 5.78. The van der Waals surface area contributed by atoms with E-state index < -0.39 is 0 Å². The normalized spacial score (nSPS) is 15.3. The third-order valence-electron chi connectivity index (χ3n) is 2.72. The van der Waals surface area contributed by atoms with Crippen LogP contribution in [0.5, 0.6) is 5.75 Å². The van der Waals surface area contributed by atoms with Gasteiger partial charge >= 0.3 is 0 Å². The Morgan fingerprint density at radius 3 is 2.87 bits per heavy atom. The van der Waals surface area contributed by atoms with Crippen LogP contribution in [0.2, 0.25) is 5.02 Å². The van der Waals surface area contributed by atoms with Gasteiger partial charge in [0, 0.05) is 17.1 Å². The van der Waals surface area contributed by atoms with Crippen molar-refractivity contribution in [3.05, 3.63) is 28.8 Å². The summed E-state index contributed by atoms with van der Waals surface area (Å²) in [6.07, 6.45) is 3.90. The summed E-state index contributed by atoms with van der Waals surface area (Å²) in [7, 11) is 0. The lowest BCUT2D eigenvalue weighted by Gasteiger charge is -2.10. The Morgan fingerprint density at radius 1 is 1.40 bits per heavy atom. The van der Waals surface area contributed by atoms with Crippen molar-refractivity contribution in [3.8, 4) is 5.75 Å². The molecule has 0 heterocycles. The first kappa shape index (κ1) is 10.8. The van der Waals surface area contributed by atoms with Gasteiger partial charge in [-0.05, 0) is 30.5 Å². The van der Waals surface area contributed by atoms with Gasteiger partial charge in [-0.3, -0.25) is 0 Å². The molecule has 1 aromatic rings. The third kappa shape index (κ3) is 3.11. The van der Waals surface area contributed by atoms with Gasteiger partial charge in [0.2, 0.25) is 0 Å². The molecule has 0 amide bonds. The summed E-state index contributed by atoms with van der Waals surface area (Å²) >= 11 is 5.88. The van der Waals surface area contributed by atoms with Crippen molar-refractivity contribution >= 4 is 11.6 Å². The highest BCUT2D eigenvalue weighted by molar-refractivity contribution is 6.30. The van der Waals surface area contributed by atoms with Crippen LogP contribution in [-0.2, 0) is 6.54 Å². The van der Waals surface area contributed by atoms with Crippen LogP contribution in [0.15, 0.2) is 18.2 Å². The van der Waals surface area contributed by atoms with E-state index in [4.69, 9.17) is 22.1 Å². The van der Waals surface area contributed by atoms with E-state index in [0.717, 1.165) is 30.3 Å². The van der Waals surface area contributed by atoms with Gasteiger partial charge < -0.3 is 10.5 Å². The fraction of sp³-hybridized carbons (Fsp3) is 0.500. The third-order valence-corrected chi connectivity index (χ3v) is 2.96. The van der Waals surface area contributed by atoms with Crippen LogP contribution in [0.3, 0.4) is 0 Å². The summed E-state index contributed by atoms with van der Waals surface area (Å²) in [5.41, 5.74) is 6.61. The van der Waals surface area contributed by atoms with Gasteiger partial charge in [-0.15, -0.1) is 0 Å². The van der Waals surface area contributed by atoms with E-state index >= 15 is 0 Å². The lowest BCUT2D eigenvalue weighted by molar-refractivity contribution is 0.299. The lowest BCUT2D eigenvalue weighted by atomic mass is 10.2. The smallest absolute Gasteiger partial charge is 0.123 e. The van der Waals surface area contributed by atoms with Crippen LogP contribution in [-0.4, -0.2) is 6.61 Å². The second kappa shape index (κ2) is 4.86. The summed E-state index contributed by atoms with van der Waals surface area (Å²) < 4.78 is 5.70.